The van der Waals surface area contributed by atoms with E-state index in [4.69, 9.17) is 0 Å². The Bertz CT molecular complexity index is 110. The maximum atomic E-state index is 9.74. The van der Waals surface area contributed by atoms with Crippen LogP contribution in [0.3, 0.4) is 0 Å². The van der Waals surface area contributed by atoms with Gasteiger partial charge in [-0.25, -0.2) is 0 Å². The molecule has 0 amide bonds. The molecule has 0 spiro atoms. The molecule has 0 unspecified atom stereocenters. The molecule has 0 bridgehead atoms. The van der Waals surface area contributed by atoms with Crippen molar-refractivity contribution in [3.05, 3.63) is 0 Å². The van der Waals surface area contributed by atoms with Crippen LogP contribution in [-0.4, -0.2) is 8.68 Å². The second-order valence-electron chi connectivity index (χ2n) is 4.22. The largest absolute Gasteiger partial charge is 0.388 e. The summed E-state index contributed by atoms with van der Waals surface area (Å²) < 4.78 is 9.74. The van der Waals surface area contributed by atoms with Gasteiger partial charge < -0.3 is 4.46 Å². The van der Waals surface area contributed by atoms with Crippen LogP contribution in [0, 0.1) is 0 Å². The summed E-state index contributed by atoms with van der Waals surface area (Å²) in [5, 5.41) is 0. The molecule has 4 aliphatic rings. The van der Waals surface area contributed by atoms with Crippen LogP contribution in [0.5, 0.6) is 0 Å². The molecule has 0 N–H and O–H groups in total. The maximum Gasteiger partial charge on any atom is 0.276 e. The highest BCUT2D eigenvalue weighted by molar-refractivity contribution is 6.54. The van der Waals surface area contributed by atoms with Crippen LogP contribution in [0.1, 0.15) is 57.8 Å². The van der Waals surface area contributed by atoms with Crippen molar-refractivity contribution in [2.75, 3.05) is 0 Å². The van der Waals surface area contributed by atoms with E-state index < -0.39 is 8.68 Å². The van der Waals surface area contributed by atoms with Gasteiger partial charge in [-0.05, 0) is 12.1 Å². The van der Waals surface area contributed by atoms with Crippen LogP contribution in [0.2, 0.25) is 12.1 Å². The first kappa shape index (κ1) is 11.1. The van der Waals surface area contributed by atoms with Gasteiger partial charge in [-0.1, -0.05) is 57.8 Å². The van der Waals surface area contributed by atoms with E-state index in [1.54, 1.807) is 0 Å². The van der Waals surface area contributed by atoms with Crippen molar-refractivity contribution >= 4 is 8.68 Å². The van der Waals surface area contributed by atoms with Crippen molar-refractivity contribution in [2.24, 2.45) is 0 Å². The second kappa shape index (κ2) is 7.42. The van der Waals surface area contributed by atoms with Crippen LogP contribution in [0.15, 0.2) is 0 Å². The van der Waals surface area contributed by atoms with Crippen LogP contribution in [-0.2, 0) is 4.46 Å². The van der Waals surface area contributed by atoms with E-state index in [0.29, 0.717) is 0 Å². The standard InChI is InChI=1S/3C3H6.C2H4OSi/c3*1-2-3-1;3-4-1-2-4/h3*1-3H2;1-2H2. The van der Waals surface area contributed by atoms with Crippen LogP contribution in [0.25, 0.3) is 0 Å². The molecule has 0 aromatic rings. The Balaban J connectivity index is 0.0000000874. The topological polar surface area (TPSA) is 17.1 Å². The molecular formula is C11H22OSi. The van der Waals surface area contributed by atoms with Gasteiger partial charge in [-0.2, -0.15) is 0 Å². The van der Waals surface area contributed by atoms with Gasteiger partial charge in [0.15, 0.2) is 0 Å². The second-order valence-corrected chi connectivity index (χ2v) is 6.30. The van der Waals surface area contributed by atoms with Gasteiger partial charge in [0.25, 0.3) is 8.68 Å². The molecule has 1 heterocycles. The molecule has 2 heteroatoms. The third-order valence-corrected chi connectivity index (χ3v) is 2.42. The summed E-state index contributed by atoms with van der Waals surface area (Å²) in [5.41, 5.74) is 0. The predicted molar refractivity (Wildman–Crippen MR) is 57.6 cm³/mol. The van der Waals surface area contributed by atoms with Crippen molar-refractivity contribution in [2.45, 2.75) is 69.9 Å². The van der Waals surface area contributed by atoms with Gasteiger partial charge in [0.1, 0.15) is 0 Å². The van der Waals surface area contributed by atoms with E-state index in [1.807, 2.05) is 0 Å². The molecule has 4 rings (SSSR count). The molecule has 3 aliphatic carbocycles. The highest BCUT2D eigenvalue weighted by Crippen LogP contribution is 2.15. The van der Waals surface area contributed by atoms with Crippen LogP contribution >= 0.6 is 0 Å². The van der Waals surface area contributed by atoms with E-state index in [9.17, 15) is 4.46 Å². The average molecular weight is 198 g/mol. The average Bonchev–Trinajstić information content (AvgIpc) is 2.86. The monoisotopic (exact) mass is 198 g/mol. The first-order valence-electron chi connectivity index (χ1n) is 5.91. The molecule has 0 radical (unpaired) electrons. The van der Waals surface area contributed by atoms with Crippen molar-refractivity contribution < 1.29 is 4.46 Å². The van der Waals surface area contributed by atoms with E-state index in [2.05, 4.69) is 0 Å². The first-order chi connectivity index (χ1) is 6.39. The summed E-state index contributed by atoms with van der Waals surface area (Å²) in [6, 6.07) is 2.06. The molecule has 4 fully saturated rings. The molecule has 13 heavy (non-hydrogen) atoms. The van der Waals surface area contributed by atoms with Gasteiger partial charge in [0, 0.05) is 0 Å². The van der Waals surface area contributed by atoms with Gasteiger partial charge in [0.2, 0.25) is 0 Å². The van der Waals surface area contributed by atoms with Crippen LogP contribution in [0.4, 0.5) is 0 Å². The molecule has 0 aromatic heterocycles. The lowest BCUT2D eigenvalue weighted by Gasteiger charge is -1.22. The molecule has 0 atom stereocenters. The summed E-state index contributed by atoms with van der Waals surface area (Å²) >= 11 is 0. The van der Waals surface area contributed by atoms with Crippen molar-refractivity contribution in [3.63, 3.8) is 0 Å². The minimum absolute atomic E-state index is 0.880. The van der Waals surface area contributed by atoms with Gasteiger partial charge >= 0.3 is 0 Å². The maximum absolute atomic E-state index is 9.74. The number of hydrogen-bond acceptors (Lipinski definition) is 1. The zero-order valence-electron chi connectivity index (χ0n) is 8.69. The number of rotatable bonds is 0. The van der Waals surface area contributed by atoms with E-state index in [1.165, 1.54) is 57.8 Å². The molecule has 3 saturated carbocycles. The molecule has 76 valence electrons. The fraction of sp³-hybridized carbons (Fsp3) is 1.00. The Kier molecular flexibility index (Phi) is 6.33. The highest BCUT2D eigenvalue weighted by atomic mass is 28.3. The predicted octanol–water partition coefficient (Wildman–Crippen LogP) is 3.93. The van der Waals surface area contributed by atoms with Crippen molar-refractivity contribution in [3.8, 4) is 0 Å². The van der Waals surface area contributed by atoms with E-state index in [0.717, 1.165) is 12.1 Å². The quantitative estimate of drug-likeness (QED) is 0.539. The Morgan fingerprint density at radius 1 is 0.538 bits per heavy atom. The molecule has 1 aliphatic heterocycles. The summed E-state index contributed by atoms with van der Waals surface area (Å²) in [7, 11) is -0.880. The fourth-order valence-corrected chi connectivity index (χ4v) is 0.459. The molecule has 0 aromatic carbocycles. The minimum Gasteiger partial charge on any atom is -0.388 e. The molecule has 1 nitrogen and oxygen atoms in total. The smallest absolute Gasteiger partial charge is 0.276 e. The third-order valence-electron chi connectivity index (χ3n) is 1.51. The Morgan fingerprint density at radius 3 is 0.692 bits per heavy atom. The van der Waals surface area contributed by atoms with Gasteiger partial charge in [-0.15, -0.1) is 0 Å². The SMILES string of the molecule is C1CC1.C1CC1.C1CC1.O=[Si]1CC1. The third kappa shape index (κ3) is 33.3. The first-order valence-corrected chi connectivity index (χ1v) is 7.73. The fourth-order valence-electron chi connectivity index (χ4n) is 0.0510. The number of hydrogen-bond donors (Lipinski definition) is 0. The summed E-state index contributed by atoms with van der Waals surface area (Å²) in [4.78, 5) is 0. The summed E-state index contributed by atoms with van der Waals surface area (Å²) in [5.74, 6) is 0. The van der Waals surface area contributed by atoms with Crippen LogP contribution < -0.4 is 0 Å². The Labute approximate surface area is 83.6 Å². The lowest BCUT2D eigenvalue weighted by molar-refractivity contribution is 0.576. The zero-order chi connectivity index (χ0) is 9.36. The van der Waals surface area contributed by atoms with Crippen molar-refractivity contribution in [1.29, 1.82) is 0 Å². The van der Waals surface area contributed by atoms with Crippen molar-refractivity contribution in [1.82, 2.24) is 0 Å². The van der Waals surface area contributed by atoms with E-state index in [-0.39, 0.29) is 0 Å². The Hall–Kier alpha value is 0.0169. The van der Waals surface area contributed by atoms with Gasteiger partial charge in [-0.3, -0.25) is 0 Å². The molecular weight excluding hydrogens is 176 g/mol. The molecule has 1 saturated heterocycles. The lowest BCUT2D eigenvalue weighted by atomic mass is 11.0. The Morgan fingerprint density at radius 2 is 0.692 bits per heavy atom. The van der Waals surface area contributed by atoms with E-state index >= 15 is 0 Å². The highest BCUT2D eigenvalue weighted by Gasteiger charge is 2.17. The lowest BCUT2D eigenvalue weighted by Crippen LogP contribution is -1.49. The zero-order valence-corrected chi connectivity index (χ0v) is 9.69. The van der Waals surface area contributed by atoms with Gasteiger partial charge in [0.05, 0.1) is 0 Å². The summed E-state index contributed by atoms with van der Waals surface area (Å²) in [6.07, 6.45) is 13.5. The summed E-state index contributed by atoms with van der Waals surface area (Å²) in [6.45, 7) is 0. The minimum atomic E-state index is -0.880. The normalized spacial score (nSPS) is 23.2.